The van der Waals surface area contributed by atoms with E-state index in [1.165, 1.54) is 0 Å². The smallest absolute Gasteiger partial charge is 0.323 e. The molecule has 27 heavy (non-hydrogen) atoms. The van der Waals surface area contributed by atoms with Gasteiger partial charge in [0.2, 0.25) is 5.91 Å². The van der Waals surface area contributed by atoms with Crippen molar-refractivity contribution < 1.29 is 9.59 Å². The van der Waals surface area contributed by atoms with E-state index in [0.29, 0.717) is 37.3 Å². The fraction of sp³-hybridized carbons (Fsp3) is 0.250. The minimum absolute atomic E-state index is 0.00422. The zero-order valence-corrected chi connectivity index (χ0v) is 14.8. The number of benzene rings is 2. The highest BCUT2D eigenvalue weighted by atomic mass is 16.2. The van der Waals surface area contributed by atoms with E-state index in [-0.39, 0.29) is 23.9 Å². The highest BCUT2D eigenvalue weighted by molar-refractivity contribution is 5.94. The lowest BCUT2D eigenvalue weighted by atomic mass is 10.1. The third-order valence-corrected chi connectivity index (χ3v) is 4.88. The third kappa shape index (κ3) is 3.62. The van der Waals surface area contributed by atoms with Gasteiger partial charge < -0.3 is 19.8 Å². The van der Waals surface area contributed by atoms with Crippen LogP contribution in [0.2, 0.25) is 0 Å². The minimum atomic E-state index is -0.257. The van der Waals surface area contributed by atoms with Gasteiger partial charge in [0, 0.05) is 31.7 Å². The number of fused-ring (bicyclic) bond motifs is 1. The van der Waals surface area contributed by atoms with Crippen molar-refractivity contribution >= 4 is 22.8 Å². The Bertz CT molecular complexity index is 1030. The van der Waals surface area contributed by atoms with E-state index in [2.05, 4.69) is 9.97 Å². The summed E-state index contributed by atoms with van der Waals surface area (Å²) in [6, 6.07) is 14.7. The highest BCUT2D eigenvalue weighted by Crippen LogP contribution is 2.13. The maximum atomic E-state index is 12.6. The molecule has 2 N–H and O–H groups in total. The normalized spacial score (nSPS) is 14.5. The number of piperazine rings is 1. The van der Waals surface area contributed by atoms with Crippen LogP contribution in [-0.2, 0) is 11.2 Å². The monoisotopic (exact) mass is 364 g/mol. The van der Waals surface area contributed by atoms with Crippen molar-refractivity contribution in [1.82, 2.24) is 19.8 Å². The second kappa shape index (κ2) is 7.11. The number of rotatable bonds is 3. The molecule has 0 radical (unpaired) electrons. The molecule has 0 spiro atoms. The molecule has 1 aromatic heterocycles. The van der Waals surface area contributed by atoms with E-state index in [1.54, 1.807) is 28.0 Å². The van der Waals surface area contributed by atoms with Crippen LogP contribution in [0.25, 0.3) is 11.0 Å². The lowest BCUT2D eigenvalue weighted by Gasteiger charge is -2.35. The van der Waals surface area contributed by atoms with Crippen molar-refractivity contribution in [2.75, 3.05) is 26.2 Å². The van der Waals surface area contributed by atoms with E-state index < -0.39 is 0 Å². The van der Waals surface area contributed by atoms with Gasteiger partial charge in [-0.05, 0) is 29.8 Å². The number of nitrogens with one attached hydrogen (secondary N) is 2. The minimum Gasteiger partial charge on any atom is -0.339 e. The Labute approximate surface area is 155 Å². The first-order valence-electron chi connectivity index (χ1n) is 8.93. The van der Waals surface area contributed by atoms with Crippen LogP contribution in [0.15, 0.2) is 53.3 Å². The number of nitrogens with zero attached hydrogens (tertiary/aromatic N) is 2. The predicted octanol–water partition coefficient (Wildman–Crippen LogP) is 1.38. The summed E-state index contributed by atoms with van der Waals surface area (Å²) in [6.07, 6.45) is 0.274. The van der Waals surface area contributed by atoms with Gasteiger partial charge in [0.15, 0.2) is 0 Å². The number of aromatic amines is 2. The van der Waals surface area contributed by atoms with Crippen LogP contribution in [0, 0.1) is 0 Å². The van der Waals surface area contributed by atoms with Gasteiger partial charge in [0.05, 0.1) is 17.5 Å². The predicted molar refractivity (Wildman–Crippen MR) is 102 cm³/mol. The molecule has 2 aromatic carbocycles. The molecule has 1 aliphatic heterocycles. The van der Waals surface area contributed by atoms with Crippen LogP contribution in [0.5, 0.6) is 0 Å². The summed E-state index contributed by atoms with van der Waals surface area (Å²) in [5.41, 5.74) is 2.69. The van der Waals surface area contributed by atoms with Crippen molar-refractivity contribution in [2.45, 2.75) is 6.42 Å². The first-order chi connectivity index (χ1) is 13.1. The molecule has 7 nitrogen and oxygen atoms in total. The number of aromatic nitrogens is 2. The number of hydrogen-bond donors (Lipinski definition) is 2. The standard InChI is InChI=1S/C20H20N4O3/c25-18(13-14-6-7-16-17(12-14)22-20(27)21-16)23-8-10-24(11-9-23)19(26)15-4-2-1-3-5-15/h1-7,12H,8-11,13H2,(H2,21,22,27). The molecule has 1 saturated heterocycles. The van der Waals surface area contributed by atoms with E-state index in [9.17, 15) is 14.4 Å². The number of imidazole rings is 1. The van der Waals surface area contributed by atoms with Crippen molar-refractivity contribution in [3.8, 4) is 0 Å². The van der Waals surface area contributed by atoms with Gasteiger partial charge in [-0.25, -0.2) is 4.79 Å². The van der Waals surface area contributed by atoms with Crippen molar-refractivity contribution in [3.05, 3.63) is 70.1 Å². The maximum Gasteiger partial charge on any atom is 0.323 e. The van der Waals surface area contributed by atoms with E-state index in [0.717, 1.165) is 11.1 Å². The van der Waals surface area contributed by atoms with Gasteiger partial charge in [-0.15, -0.1) is 0 Å². The number of carbonyl (C=O) groups excluding carboxylic acids is 2. The van der Waals surface area contributed by atoms with Gasteiger partial charge >= 0.3 is 5.69 Å². The second-order valence-corrected chi connectivity index (χ2v) is 6.67. The third-order valence-electron chi connectivity index (χ3n) is 4.88. The Morgan fingerprint density at radius 3 is 2.26 bits per heavy atom. The summed E-state index contributed by atoms with van der Waals surface area (Å²) in [7, 11) is 0. The molecular weight excluding hydrogens is 344 g/mol. The average molecular weight is 364 g/mol. The van der Waals surface area contributed by atoms with Crippen molar-refractivity contribution in [1.29, 1.82) is 0 Å². The lowest BCUT2D eigenvalue weighted by Crippen LogP contribution is -2.51. The summed E-state index contributed by atoms with van der Waals surface area (Å²) >= 11 is 0. The molecule has 4 rings (SSSR count). The molecule has 0 saturated carbocycles. The molecular formula is C20H20N4O3. The number of hydrogen-bond acceptors (Lipinski definition) is 3. The van der Waals surface area contributed by atoms with Gasteiger partial charge in [-0.3, -0.25) is 9.59 Å². The fourth-order valence-electron chi connectivity index (χ4n) is 3.40. The first-order valence-corrected chi connectivity index (χ1v) is 8.93. The summed E-state index contributed by atoms with van der Waals surface area (Å²) in [5.74, 6) is 0.0311. The Hall–Kier alpha value is -3.35. The molecule has 2 amide bonds. The fourth-order valence-corrected chi connectivity index (χ4v) is 3.40. The Balaban J connectivity index is 1.36. The van der Waals surface area contributed by atoms with Crippen molar-refractivity contribution in [3.63, 3.8) is 0 Å². The quantitative estimate of drug-likeness (QED) is 0.736. The van der Waals surface area contributed by atoms with E-state index in [4.69, 9.17) is 0 Å². The average Bonchev–Trinajstić information content (AvgIpc) is 3.07. The maximum absolute atomic E-state index is 12.6. The summed E-state index contributed by atoms with van der Waals surface area (Å²) in [5, 5.41) is 0. The summed E-state index contributed by atoms with van der Waals surface area (Å²) in [4.78, 5) is 45.4. The number of H-pyrrole nitrogens is 2. The topological polar surface area (TPSA) is 89.3 Å². The molecule has 138 valence electrons. The van der Waals surface area contributed by atoms with E-state index in [1.807, 2.05) is 30.3 Å². The molecule has 2 heterocycles. The van der Waals surface area contributed by atoms with Crippen LogP contribution >= 0.6 is 0 Å². The van der Waals surface area contributed by atoms with Crippen LogP contribution in [-0.4, -0.2) is 57.8 Å². The molecule has 0 bridgehead atoms. The second-order valence-electron chi connectivity index (χ2n) is 6.67. The van der Waals surface area contributed by atoms with E-state index >= 15 is 0 Å². The first kappa shape index (κ1) is 17.1. The number of carbonyl (C=O) groups is 2. The molecule has 0 aliphatic carbocycles. The summed E-state index contributed by atoms with van der Waals surface area (Å²) < 4.78 is 0. The van der Waals surface area contributed by atoms with Crippen LogP contribution < -0.4 is 5.69 Å². The summed E-state index contributed by atoms with van der Waals surface area (Å²) in [6.45, 7) is 2.12. The lowest BCUT2D eigenvalue weighted by molar-refractivity contribution is -0.131. The Kier molecular flexibility index (Phi) is 4.50. The van der Waals surface area contributed by atoms with Gasteiger partial charge in [-0.2, -0.15) is 0 Å². The zero-order chi connectivity index (χ0) is 18.8. The largest absolute Gasteiger partial charge is 0.339 e. The SMILES string of the molecule is O=C(Cc1ccc2[nH]c(=O)[nH]c2c1)N1CCN(C(=O)c2ccccc2)CC1. The molecule has 1 aliphatic rings. The molecule has 7 heteroatoms. The molecule has 0 atom stereocenters. The zero-order valence-electron chi connectivity index (χ0n) is 14.8. The van der Waals surface area contributed by atoms with Gasteiger partial charge in [0.1, 0.15) is 0 Å². The highest BCUT2D eigenvalue weighted by Gasteiger charge is 2.24. The Morgan fingerprint density at radius 2 is 1.52 bits per heavy atom. The van der Waals surface area contributed by atoms with Crippen LogP contribution in [0.1, 0.15) is 15.9 Å². The van der Waals surface area contributed by atoms with Crippen molar-refractivity contribution in [2.24, 2.45) is 0 Å². The van der Waals surface area contributed by atoms with Crippen LogP contribution in [0.3, 0.4) is 0 Å². The van der Waals surface area contributed by atoms with Crippen LogP contribution in [0.4, 0.5) is 0 Å². The van der Waals surface area contributed by atoms with Gasteiger partial charge in [-0.1, -0.05) is 24.3 Å². The van der Waals surface area contributed by atoms with Gasteiger partial charge in [0.25, 0.3) is 5.91 Å². The Morgan fingerprint density at radius 1 is 0.852 bits per heavy atom. The number of amides is 2. The molecule has 1 fully saturated rings. The molecule has 3 aromatic rings. The molecule has 0 unspecified atom stereocenters.